The molecule has 5 heteroatoms. The zero-order valence-corrected chi connectivity index (χ0v) is 20.3. The summed E-state index contributed by atoms with van der Waals surface area (Å²) in [4.78, 5) is 15.5. The Hall–Kier alpha value is -3.47. The maximum Gasteiger partial charge on any atom is 0.261 e. The van der Waals surface area contributed by atoms with Gasteiger partial charge in [-0.1, -0.05) is 68.4 Å². The summed E-state index contributed by atoms with van der Waals surface area (Å²) in [6.45, 7) is 7.94. The van der Waals surface area contributed by atoms with Crippen LogP contribution in [-0.2, 0) is 17.9 Å². The molecule has 34 heavy (non-hydrogen) atoms. The predicted octanol–water partition coefficient (Wildman–Crippen LogP) is 5.82. The van der Waals surface area contributed by atoms with Crippen molar-refractivity contribution in [2.75, 3.05) is 18.5 Å². The molecular weight excluding hydrogens is 424 g/mol. The number of anilines is 1. The van der Waals surface area contributed by atoms with Crippen LogP contribution in [0.5, 0.6) is 11.5 Å². The van der Waals surface area contributed by atoms with Gasteiger partial charge in [-0.3, -0.25) is 4.79 Å². The van der Waals surface area contributed by atoms with Crippen molar-refractivity contribution < 1.29 is 14.3 Å². The maximum absolute atomic E-state index is 13.6. The Morgan fingerprint density at radius 1 is 1.03 bits per heavy atom. The van der Waals surface area contributed by atoms with Gasteiger partial charge in [-0.2, -0.15) is 0 Å². The number of fused-ring (bicyclic) bond motifs is 2. The largest absolute Gasteiger partial charge is 0.491 e. The molecule has 0 radical (unpaired) electrons. The predicted molar refractivity (Wildman–Crippen MR) is 136 cm³/mol. The number of nitrogens with zero attached hydrogens (tertiary/aromatic N) is 1. The van der Waals surface area contributed by atoms with Gasteiger partial charge in [-0.25, -0.2) is 0 Å². The van der Waals surface area contributed by atoms with Crippen molar-refractivity contribution in [1.29, 1.82) is 0 Å². The average Bonchev–Trinajstić information content (AvgIpc) is 2.86. The van der Waals surface area contributed by atoms with E-state index in [-0.39, 0.29) is 18.6 Å². The van der Waals surface area contributed by atoms with Gasteiger partial charge in [-0.15, -0.1) is 0 Å². The Kier molecular flexibility index (Phi) is 7.73. The van der Waals surface area contributed by atoms with E-state index in [4.69, 9.17) is 9.47 Å². The lowest BCUT2D eigenvalue weighted by molar-refractivity contribution is -0.137. The first kappa shape index (κ1) is 23.7. The fourth-order valence-electron chi connectivity index (χ4n) is 4.37. The number of para-hydroxylation sites is 3. The number of hydrogen-bond donors (Lipinski definition) is 1. The van der Waals surface area contributed by atoms with E-state index in [1.54, 1.807) is 0 Å². The van der Waals surface area contributed by atoms with E-state index in [1.807, 2.05) is 66.4 Å². The normalized spacial score (nSPS) is 15.9. The van der Waals surface area contributed by atoms with Crippen LogP contribution in [0, 0.1) is 12.8 Å². The molecular formula is C29H34N2O3. The van der Waals surface area contributed by atoms with Crippen LogP contribution < -0.4 is 14.8 Å². The Bertz CT molecular complexity index is 1110. The maximum atomic E-state index is 13.6. The highest BCUT2D eigenvalue weighted by atomic mass is 16.5. The molecule has 0 saturated carbocycles. The molecule has 0 unspecified atom stereocenters. The van der Waals surface area contributed by atoms with Gasteiger partial charge in [0.15, 0.2) is 6.61 Å². The van der Waals surface area contributed by atoms with Gasteiger partial charge < -0.3 is 19.7 Å². The van der Waals surface area contributed by atoms with E-state index in [0.29, 0.717) is 25.6 Å². The van der Waals surface area contributed by atoms with E-state index < -0.39 is 0 Å². The fourth-order valence-corrected chi connectivity index (χ4v) is 4.37. The summed E-state index contributed by atoms with van der Waals surface area (Å²) < 4.78 is 12.3. The van der Waals surface area contributed by atoms with Gasteiger partial charge in [0.1, 0.15) is 18.1 Å². The summed E-state index contributed by atoms with van der Waals surface area (Å²) in [7, 11) is 0. The average molecular weight is 459 g/mol. The lowest BCUT2D eigenvalue weighted by Gasteiger charge is -2.33. The van der Waals surface area contributed by atoms with Gasteiger partial charge in [-0.05, 0) is 48.6 Å². The van der Waals surface area contributed by atoms with Crippen LogP contribution in [0.2, 0.25) is 0 Å². The van der Waals surface area contributed by atoms with Gasteiger partial charge >= 0.3 is 0 Å². The Morgan fingerprint density at radius 2 is 1.74 bits per heavy atom. The van der Waals surface area contributed by atoms with Crippen molar-refractivity contribution in [1.82, 2.24) is 4.90 Å². The molecule has 4 rings (SSSR count). The third-order valence-corrected chi connectivity index (χ3v) is 6.18. The Balaban J connectivity index is 1.65. The first-order chi connectivity index (χ1) is 16.5. The topological polar surface area (TPSA) is 50.8 Å². The molecule has 0 spiro atoms. The second-order valence-electron chi connectivity index (χ2n) is 9.29. The minimum atomic E-state index is -0.0767. The van der Waals surface area contributed by atoms with Crippen LogP contribution in [-0.4, -0.2) is 30.1 Å². The number of aryl methyl sites for hydroxylation is 1. The number of amides is 1. The van der Waals surface area contributed by atoms with Crippen LogP contribution in [0.25, 0.3) is 0 Å². The van der Waals surface area contributed by atoms with Crippen molar-refractivity contribution >= 4 is 11.6 Å². The minimum absolute atomic E-state index is 0.00830. The zero-order valence-electron chi connectivity index (χ0n) is 20.3. The Labute approximate surface area is 202 Å². The summed E-state index contributed by atoms with van der Waals surface area (Å²) in [5.41, 5.74) is 4.23. The molecule has 0 aliphatic carbocycles. The highest BCUT2D eigenvalue weighted by Crippen LogP contribution is 2.27. The van der Waals surface area contributed by atoms with Crippen molar-refractivity contribution in [2.45, 2.75) is 46.3 Å². The molecule has 1 amide bonds. The summed E-state index contributed by atoms with van der Waals surface area (Å²) in [5, 5.41) is 3.55. The number of rotatable bonds is 5. The number of nitrogens with one attached hydrogen (secondary N) is 1. The van der Waals surface area contributed by atoms with Crippen LogP contribution in [0.15, 0.2) is 72.8 Å². The number of hydrogen-bond acceptors (Lipinski definition) is 4. The van der Waals surface area contributed by atoms with E-state index in [2.05, 4.69) is 37.4 Å². The number of carbonyl (C=O) groups excluding carboxylic acids is 1. The molecule has 0 saturated heterocycles. The quantitative estimate of drug-likeness (QED) is 0.523. The molecule has 0 fully saturated rings. The third kappa shape index (κ3) is 5.90. The SMILES string of the molecule is Cc1ccccc1OCC(=O)N1Cc2ccccc2NCc2ccccc2OC[C@@H]1CC(C)C. The number of ether oxygens (including phenoxy) is 2. The zero-order chi connectivity index (χ0) is 23.9. The molecule has 5 nitrogen and oxygen atoms in total. The minimum Gasteiger partial charge on any atom is -0.491 e. The third-order valence-electron chi connectivity index (χ3n) is 6.18. The van der Waals surface area contributed by atoms with E-state index >= 15 is 0 Å². The molecule has 0 bridgehead atoms. The van der Waals surface area contributed by atoms with Gasteiger partial charge in [0.2, 0.25) is 0 Å². The first-order valence-corrected chi connectivity index (χ1v) is 12.0. The van der Waals surface area contributed by atoms with Crippen LogP contribution in [0.1, 0.15) is 37.0 Å². The van der Waals surface area contributed by atoms with Crippen molar-refractivity contribution in [2.24, 2.45) is 5.92 Å². The highest BCUT2D eigenvalue weighted by molar-refractivity contribution is 5.78. The van der Waals surface area contributed by atoms with Crippen LogP contribution in [0.4, 0.5) is 5.69 Å². The fraction of sp³-hybridized carbons (Fsp3) is 0.345. The molecule has 3 aromatic rings. The monoisotopic (exact) mass is 458 g/mol. The lowest BCUT2D eigenvalue weighted by atomic mass is 10.0. The van der Waals surface area contributed by atoms with Gasteiger partial charge in [0.05, 0.1) is 6.04 Å². The molecule has 1 aliphatic heterocycles. The molecule has 178 valence electrons. The van der Waals surface area contributed by atoms with Crippen LogP contribution in [0.3, 0.4) is 0 Å². The van der Waals surface area contributed by atoms with Crippen molar-refractivity contribution in [3.05, 3.63) is 89.5 Å². The van der Waals surface area contributed by atoms with Crippen LogP contribution >= 0.6 is 0 Å². The molecule has 1 aliphatic rings. The Morgan fingerprint density at radius 3 is 2.53 bits per heavy atom. The second kappa shape index (κ2) is 11.1. The van der Waals surface area contributed by atoms with Crippen molar-refractivity contribution in [3.63, 3.8) is 0 Å². The first-order valence-electron chi connectivity index (χ1n) is 12.0. The van der Waals surface area contributed by atoms with E-state index in [0.717, 1.165) is 40.3 Å². The molecule has 0 aromatic heterocycles. The molecule has 1 atom stereocenters. The summed E-state index contributed by atoms with van der Waals surface area (Å²) in [6, 6.07) is 24.0. The highest BCUT2D eigenvalue weighted by Gasteiger charge is 2.27. The van der Waals surface area contributed by atoms with E-state index in [1.165, 1.54) is 0 Å². The molecule has 1 N–H and O–H groups in total. The van der Waals surface area contributed by atoms with Gasteiger partial charge in [0, 0.05) is 24.3 Å². The van der Waals surface area contributed by atoms with Crippen molar-refractivity contribution in [3.8, 4) is 11.5 Å². The number of carbonyl (C=O) groups is 1. The summed E-state index contributed by atoms with van der Waals surface area (Å²) in [5.74, 6) is 1.96. The second-order valence-corrected chi connectivity index (χ2v) is 9.29. The smallest absolute Gasteiger partial charge is 0.261 e. The number of benzene rings is 3. The molecule has 1 heterocycles. The standard InChI is InChI=1S/C29H34N2O3/c1-21(2)16-25-19-33-28-15-9-6-11-23(28)17-30-26-13-7-5-12-24(26)18-31(25)29(32)20-34-27-14-8-4-10-22(27)3/h4-15,21,25,30H,16-20H2,1-3H3/t25-/m0/s1. The molecule has 3 aromatic carbocycles. The summed E-state index contributed by atoms with van der Waals surface area (Å²) >= 11 is 0. The summed E-state index contributed by atoms with van der Waals surface area (Å²) in [6.07, 6.45) is 0.841. The van der Waals surface area contributed by atoms with E-state index in [9.17, 15) is 4.79 Å². The van der Waals surface area contributed by atoms with Gasteiger partial charge in [0.25, 0.3) is 5.91 Å². The lowest BCUT2D eigenvalue weighted by Crippen LogP contribution is -2.46.